The molecule has 4 atom stereocenters. The summed E-state index contributed by atoms with van der Waals surface area (Å²) in [5.74, 6) is -0.461. The smallest absolute Gasteiger partial charge is 0.408 e. The molecule has 0 fully saturated rings. The zero-order valence-corrected chi connectivity index (χ0v) is 23.6. The Labute approximate surface area is 217 Å². The molecule has 0 radical (unpaired) electrons. The van der Waals surface area contributed by atoms with Gasteiger partial charge >= 0.3 is 6.09 Å². The summed E-state index contributed by atoms with van der Waals surface area (Å²) in [6.07, 6.45) is 2.05. The first-order valence-corrected chi connectivity index (χ1v) is 13.1. The number of hydrogen-bond donors (Lipinski definition) is 3. The molecule has 1 rings (SSSR count). The highest BCUT2D eigenvalue weighted by Gasteiger charge is 2.39. The highest BCUT2D eigenvalue weighted by Crippen LogP contribution is 2.28. The molecule has 0 saturated heterocycles. The second-order valence-corrected chi connectivity index (χ2v) is 11.0. The number of phenols is 1. The number of nitrogens with zero attached hydrogens (tertiary/aromatic N) is 1. The lowest BCUT2D eigenvalue weighted by molar-refractivity contribution is -0.145. The van der Waals surface area contributed by atoms with Crippen molar-refractivity contribution in [1.82, 2.24) is 15.5 Å². The molecule has 0 bridgehead atoms. The van der Waals surface area contributed by atoms with E-state index in [9.17, 15) is 19.5 Å². The SMILES string of the molecule is CCCC(C)NC(=O)C(c1ccc(O)cc1)N(C(=O)C(CC(C)C)NC(=O)OC(C)(C)C)C(C)CC. The second kappa shape index (κ2) is 14.1. The third-order valence-electron chi connectivity index (χ3n) is 5.86. The molecule has 0 heterocycles. The molecule has 0 aromatic heterocycles. The van der Waals surface area contributed by atoms with Crippen LogP contribution in [0.1, 0.15) is 99.6 Å². The summed E-state index contributed by atoms with van der Waals surface area (Å²) < 4.78 is 5.42. The van der Waals surface area contributed by atoms with Crippen LogP contribution in [0.25, 0.3) is 0 Å². The first kappa shape index (κ1) is 31.3. The van der Waals surface area contributed by atoms with Crippen LogP contribution in [0, 0.1) is 5.92 Å². The average molecular weight is 506 g/mol. The van der Waals surface area contributed by atoms with Crippen LogP contribution in [0.5, 0.6) is 5.75 Å². The van der Waals surface area contributed by atoms with E-state index in [0.717, 1.165) is 12.8 Å². The topological polar surface area (TPSA) is 108 Å². The monoisotopic (exact) mass is 505 g/mol. The molecule has 0 spiro atoms. The number of hydrogen-bond acceptors (Lipinski definition) is 5. The van der Waals surface area contributed by atoms with Crippen LogP contribution in [0.15, 0.2) is 24.3 Å². The van der Waals surface area contributed by atoms with Gasteiger partial charge in [-0.15, -0.1) is 0 Å². The summed E-state index contributed by atoms with van der Waals surface area (Å²) >= 11 is 0. The van der Waals surface area contributed by atoms with E-state index in [4.69, 9.17) is 4.74 Å². The van der Waals surface area contributed by atoms with Crippen molar-refractivity contribution in [2.45, 2.75) is 118 Å². The number of phenolic OH excluding ortho intramolecular Hbond substituents is 1. The van der Waals surface area contributed by atoms with E-state index in [0.29, 0.717) is 18.4 Å². The van der Waals surface area contributed by atoms with Crippen LogP contribution >= 0.6 is 0 Å². The van der Waals surface area contributed by atoms with Crippen LogP contribution in [0.4, 0.5) is 4.79 Å². The summed E-state index contributed by atoms with van der Waals surface area (Å²) in [4.78, 5) is 42.0. The molecule has 8 heteroatoms. The van der Waals surface area contributed by atoms with Gasteiger partial charge in [-0.05, 0) is 77.5 Å². The fourth-order valence-electron chi connectivity index (χ4n) is 4.04. The predicted molar refractivity (Wildman–Crippen MR) is 143 cm³/mol. The van der Waals surface area contributed by atoms with E-state index in [-0.39, 0.29) is 35.6 Å². The zero-order chi connectivity index (χ0) is 27.6. The van der Waals surface area contributed by atoms with Gasteiger partial charge in [0.25, 0.3) is 0 Å². The fraction of sp³-hybridized carbons (Fsp3) is 0.679. The predicted octanol–water partition coefficient (Wildman–Crippen LogP) is 5.30. The first-order chi connectivity index (χ1) is 16.7. The van der Waals surface area contributed by atoms with Crippen molar-refractivity contribution in [2.24, 2.45) is 5.92 Å². The van der Waals surface area contributed by atoms with E-state index >= 15 is 0 Å². The fourth-order valence-corrected chi connectivity index (χ4v) is 4.04. The number of nitrogens with one attached hydrogen (secondary N) is 2. The number of alkyl carbamates (subject to hydrolysis) is 1. The van der Waals surface area contributed by atoms with Crippen LogP contribution in [0.2, 0.25) is 0 Å². The molecule has 1 aromatic carbocycles. The van der Waals surface area contributed by atoms with E-state index in [1.165, 1.54) is 12.1 Å². The molecule has 0 aliphatic carbocycles. The third kappa shape index (κ3) is 10.1. The van der Waals surface area contributed by atoms with Gasteiger partial charge in [0.1, 0.15) is 23.4 Å². The standard InChI is InChI=1S/C28H47N3O5/c1-10-12-19(5)29-25(33)24(21-13-15-22(32)16-14-21)31(20(6)11-2)26(34)23(17-18(3)4)30-27(35)36-28(7,8)9/h13-16,18-20,23-24,32H,10-12,17H2,1-9H3,(H,29,33)(H,30,35). The highest BCUT2D eigenvalue weighted by molar-refractivity contribution is 5.92. The molecule has 36 heavy (non-hydrogen) atoms. The number of amides is 3. The van der Waals surface area contributed by atoms with Crippen molar-refractivity contribution in [3.63, 3.8) is 0 Å². The largest absolute Gasteiger partial charge is 0.508 e. The third-order valence-corrected chi connectivity index (χ3v) is 5.86. The Kier molecular flexibility index (Phi) is 12.2. The van der Waals surface area contributed by atoms with Crippen LogP contribution in [-0.2, 0) is 14.3 Å². The van der Waals surface area contributed by atoms with Gasteiger partial charge in [0.05, 0.1) is 0 Å². The van der Waals surface area contributed by atoms with Gasteiger partial charge in [0, 0.05) is 12.1 Å². The number of ether oxygens (including phenoxy) is 1. The number of aromatic hydroxyl groups is 1. The Hall–Kier alpha value is -2.77. The molecule has 0 aliphatic rings. The summed E-state index contributed by atoms with van der Waals surface area (Å²) in [5, 5.41) is 15.6. The quantitative estimate of drug-likeness (QED) is 0.357. The van der Waals surface area contributed by atoms with Gasteiger partial charge in [-0.25, -0.2) is 4.79 Å². The second-order valence-electron chi connectivity index (χ2n) is 11.0. The van der Waals surface area contributed by atoms with E-state index in [1.807, 2.05) is 41.5 Å². The lowest BCUT2D eigenvalue weighted by Crippen LogP contribution is -2.56. The van der Waals surface area contributed by atoms with E-state index < -0.39 is 23.8 Å². The van der Waals surface area contributed by atoms with Crippen LogP contribution in [0.3, 0.4) is 0 Å². The Morgan fingerprint density at radius 3 is 2.06 bits per heavy atom. The van der Waals surface area contributed by atoms with E-state index in [1.54, 1.807) is 37.8 Å². The molecular weight excluding hydrogens is 458 g/mol. The molecule has 4 unspecified atom stereocenters. The van der Waals surface area contributed by atoms with Gasteiger partial charge in [-0.1, -0.05) is 46.2 Å². The highest BCUT2D eigenvalue weighted by atomic mass is 16.6. The summed E-state index contributed by atoms with van der Waals surface area (Å²) in [6, 6.07) is 4.18. The average Bonchev–Trinajstić information content (AvgIpc) is 2.75. The van der Waals surface area contributed by atoms with Crippen LogP contribution < -0.4 is 10.6 Å². The molecule has 3 N–H and O–H groups in total. The van der Waals surface area contributed by atoms with Crippen molar-refractivity contribution in [2.75, 3.05) is 0 Å². The number of benzene rings is 1. The minimum atomic E-state index is -0.928. The lowest BCUT2D eigenvalue weighted by Gasteiger charge is -2.39. The van der Waals surface area contributed by atoms with Gasteiger partial charge in [0.15, 0.2) is 0 Å². The zero-order valence-electron chi connectivity index (χ0n) is 23.6. The van der Waals surface area contributed by atoms with Crippen molar-refractivity contribution in [3.8, 4) is 5.75 Å². The summed E-state index contributed by atoms with van der Waals surface area (Å²) in [6.45, 7) is 17.1. The van der Waals surface area contributed by atoms with Crippen LogP contribution in [-0.4, -0.2) is 51.6 Å². The maximum atomic E-state index is 14.1. The van der Waals surface area contributed by atoms with Gasteiger partial charge < -0.3 is 25.4 Å². The van der Waals surface area contributed by atoms with Gasteiger partial charge in [0.2, 0.25) is 11.8 Å². The number of carbonyl (C=O) groups is 3. The Morgan fingerprint density at radius 2 is 1.58 bits per heavy atom. The minimum absolute atomic E-state index is 0.0673. The van der Waals surface area contributed by atoms with Crippen molar-refractivity contribution < 1.29 is 24.2 Å². The molecule has 204 valence electrons. The summed E-state index contributed by atoms with van der Waals surface area (Å²) in [7, 11) is 0. The van der Waals surface area contributed by atoms with Gasteiger partial charge in [-0.3, -0.25) is 9.59 Å². The Balaban J connectivity index is 3.51. The molecular formula is C28H47N3O5. The Bertz CT molecular complexity index is 848. The van der Waals surface area contributed by atoms with Crippen molar-refractivity contribution in [1.29, 1.82) is 0 Å². The maximum Gasteiger partial charge on any atom is 0.408 e. The van der Waals surface area contributed by atoms with Crippen molar-refractivity contribution >= 4 is 17.9 Å². The lowest BCUT2D eigenvalue weighted by atomic mass is 9.96. The van der Waals surface area contributed by atoms with E-state index in [2.05, 4.69) is 10.6 Å². The minimum Gasteiger partial charge on any atom is -0.508 e. The molecule has 1 aromatic rings. The number of carbonyl (C=O) groups excluding carboxylic acids is 3. The normalized spacial score (nSPS) is 14.9. The number of rotatable bonds is 12. The molecule has 0 aliphatic heterocycles. The molecule has 0 saturated carbocycles. The van der Waals surface area contributed by atoms with Gasteiger partial charge in [-0.2, -0.15) is 0 Å². The molecule has 3 amide bonds. The first-order valence-electron chi connectivity index (χ1n) is 13.1. The Morgan fingerprint density at radius 1 is 1.00 bits per heavy atom. The summed E-state index contributed by atoms with van der Waals surface area (Å²) in [5.41, 5.74) is -0.126. The van der Waals surface area contributed by atoms with Crippen molar-refractivity contribution in [3.05, 3.63) is 29.8 Å². The molecule has 8 nitrogen and oxygen atoms in total. The maximum absolute atomic E-state index is 14.1.